The predicted molar refractivity (Wildman–Crippen MR) is 139 cm³/mol. The Morgan fingerprint density at radius 3 is 2.50 bits per heavy atom. The summed E-state index contributed by atoms with van der Waals surface area (Å²) in [6, 6.07) is 14.1. The van der Waals surface area contributed by atoms with Crippen LogP contribution in [0.25, 0.3) is 0 Å². The van der Waals surface area contributed by atoms with Crippen LogP contribution in [0.4, 0.5) is 17.5 Å². The lowest BCUT2D eigenvalue weighted by atomic mass is 10.2. The number of amides is 1. The van der Waals surface area contributed by atoms with E-state index >= 15 is 0 Å². The van der Waals surface area contributed by atoms with Gasteiger partial charge in [-0.25, -0.2) is 4.98 Å². The second-order valence-electron chi connectivity index (χ2n) is 7.24. The van der Waals surface area contributed by atoms with Crippen LogP contribution in [0.3, 0.4) is 0 Å². The summed E-state index contributed by atoms with van der Waals surface area (Å²) in [6.45, 7) is 4.20. The van der Waals surface area contributed by atoms with Gasteiger partial charge in [0.25, 0.3) is 10.0 Å². The third kappa shape index (κ3) is 7.08. The molecule has 1 aromatic heterocycles. The summed E-state index contributed by atoms with van der Waals surface area (Å²) in [5.41, 5.74) is 1.41. The maximum atomic E-state index is 12.7. The smallest absolute Gasteiger partial charge is 0.288 e. The zero-order valence-electron chi connectivity index (χ0n) is 18.9. The first-order valence-electron chi connectivity index (χ1n) is 10.2. The van der Waals surface area contributed by atoms with Crippen molar-refractivity contribution >= 4 is 60.0 Å². The van der Waals surface area contributed by atoms with E-state index in [4.69, 9.17) is 0 Å². The minimum absolute atomic E-state index is 0.0927. The van der Waals surface area contributed by atoms with Crippen LogP contribution < -0.4 is 16.0 Å². The van der Waals surface area contributed by atoms with Crippen molar-refractivity contribution < 1.29 is 13.2 Å². The first-order chi connectivity index (χ1) is 16.2. The summed E-state index contributed by atoms with van der Waals surface area (Å²) >= 11 is 3.41. The van der Waals surface area contributed by atoms with Crippen LogP contribution in [0.1, 0.15) is 12.5 Å². The van der Waals surface area contributed by atoms with E-state index in [9.17, 15) is 13.2 Å². The Morgan fingerprint density at radius 2 is 1.82 bits per heavy atom. The van der Waals surface area contributed by atoms with Crippen molar-refractivity contribution in [3.8, 4) is 0 Å². The Labute approximate surface area is 210 Å². The van der Waals surface area contributed by atoms with Gasteiger partial charge in [-0.2, -0.15) is 13.4 Å². The first-order valence-corrected chi connectivity index (χ1v) is 14.1. The highest BCUT2D eigenvalue weighted by molar-refractivity contribution is 9.10. The van der Waals surface area contributed by atoms with Crippen molar-refractivity contribution in [3.05, 3.63) is 64.8 Å². The zero-order chi connectivity index (χ0) is 24.7. The van der Waals surface area contributed by atoms with Crippen LogP contribution >= 0.6 is 15.9 Å². The highest BCUT2D eigenvalue weighted by atomic mass is 79.9. The first kappa shape index (κ1) is 25.8. The molecule has 3 aromatic rings. The standard InChI is InChI=1S/C22H25BrN6O3S2/c1-15-6-4-5-7-20(15)34(31,32)29-33(3)18-10-8-17(9-11-18)27-22-26-14-19(23)21(28-22)25-13-12-24-16(2)30/h4-11,14H,12-13H2,1-3H3,(H,24,30)(H2,25,26,27,28). The maximum absolute atomic E-state index is 12.7. The SMILES string of the molecule is CC(=O)NCCNc1nc(Nc2ccc(S(C)=NS(=O)(=O)c3ccccc3C)cc2)ncc1Br. The largest absolute Gasteiger partial charge is 0.367 e. The molecule has 2 aromatic carbocycles. The average molecular weight is 566 g/mol. The molecule has 0 saturated carbocycles. The van der Waals surface area contributed by atoms with Gasteiger partial charge in [-0.15, -0.1) is 3.77 Å². The summed E-state index contributed by atoms with van der Waals surface area (Å²) in [6.07, 6.45) is 3.40. The van der Waals surface area contributed by atoms with Crippen LogP contribution in [0.15, 0.2) is 72.8 Å². The highest BCUT2D eigenvalue weighted by Gasteiger charge is 2.16. The summed E-state index contributed by atoms with van der Waals surface area (Å²) in [5, 5.41) is 8.98. The molecule has 9 nitrogen and oxygen atoms in total. The van der Waals surface area contributed by atoms with Crippen molar-refractivity contribution in [3.63, 3.8) is 0 Å². The van der Waals surface area contributed by atoms with E-state index in [1.165, 1.54) is 6.92 Å². The molecule has 0 aliphatic heterocycles. The number of anilines is 3. The van der Waals surface area contributed by atoms with Gasteiger partial charge in [0.2, 0.25) is 11.9 Å². The third-order valence-corrected chi connectivity index (χ3v) is 8.80. The monoisotopic (exact) mass is 564 g/mol. The van der Waals surface area contributed by atoms with Crippen LogP contribution in [-0.4, -0.2) is 43.6 Å². The number of carbonyl (C=O) groups is 1. The lowest BCUT2D eigenvalue weighted by molar-refractivity contribution is -0.118. The minimum atomic E-state index is -3.75. The van der Waals surface area contributed by atoms with Crippen LogP contribution in [-0.2, 0) is 25.5 Å². The molecular weight excluding hydrogens is 540 g/mol. The average Bonchev–Trinajstić information content (AvgIpc) is 2.79. The van der Waals surface area contributed by atoms with E-state index in [2.05, 4.69) is 45.6 Å². The molecule has 180 valence electrons. The minimum Gasteiger partial charge on any atom is -0.367 e. The number of hydrogen-bond acceptors (Lipinski definition) is 7. The van der Waals surface area contributed by atoms with Gasteiger partial charge < -0.3 is 16.0 Å². The second kappa shape index (κ2) is 11.5. The van der Waals surface area contributed by atoms with Gasteiger partial charge in [0, 0.05) is 36.8 Å². The number of rotatable bonds is 9. The molecule has 0 saturated heterocycles. The molecule has 34 heavy (non-hydrogen) atoms. The lowest BCUT2D eigenvalue weighted by Crippen LogP contribution is -2.26. The Hall–Kier alpha value is -2.83. The molecule has 12 heteroatoms. The molecule has 1 atom stereocenters. The number of hydrogen-bond donors (Lipinski definition) is 3. The molecule has 0 aliphatic rings. The Bertz CT molecular complexity index is 1310. The van der Waals surface area contributed by atoms with Crippen molar-refractivity contribution in [2.75, 3.05) is 30.0 Å². The topological polar surface area (TPSA) is 125 Å². The van der Waals surface area contributed by atoms with Gasteiger partial charge >= 0.3 is 0 Å². The molecule has 1 unspecified atom stereocenters. The fourth-order valence-corrected chi connectivity index (χ4v) is 6.34. The molecule has 1 heterocycles. The van der Waals surface area contributed by atoms with Gasteiger partial charge in [0.05, 0.1) is 9.37 Å². The molecule has 0 fully saturated rings. The van der Waals surface area contributed by atoms with Gasteiger partial charge in [-0.3, -0.25) is 4.79 Å². The number of sulfonamides is 1. The molecule has 0 aliphatic carbocycles. The molecular formula is C22H25BrN6O3S2. The Kier molecular flexibility index (Phi) is 8.75. The van der Waals surface area contributed by atoms with Crippen LogP contribution in [0.5, 0.6) is 0 Å². The summed E-state index contributed by atoms with van der Waals surface area (Å²) in [4.78, 5) is 20.7. The summed E-state index contributed by atoms with van der Waals surface area (Å²) in [7, 11) is -4.60. The van der Waals surface area contributed by atoms with Gasteiger partial charge in [-0.05, 0) is 65.0 Å². The number of nitrogens with one attached hydrogen (secondary N) is 3. The van der Waals surface area contributed by atoms with Gasteiger partial charge in [0.15, 0.2) is 0 Å². The van der Waals surface area contributed by atoms with Crippen molar-refractivity contribution in [1.29, 1.82) is 0 Å². The number of benzene rings is 2. The number of aryl methyl sites for hydroxylation is 1. The van der Waals surface area contributed by atoms with E-state index in [-0.39, 0.29) is 10.8 Å². The van der Waals surface area contributed by atoms with Crippen molar-refractivity contribution in [2.45, 2.75) is 23.6 Å². The third-order valence-electron chi connectivity index (χ3n) is 4.57. The Balaban J connectivity index is 1.70. The molecule has 0 bridgehead atoms. The van der Waals surface area contributed by atoms with E-state index in [1.54, 1.807) is 43.6 Å². The van der Waals surface area contributed by atoms with Gasteiger partial charge in [-0.1, -0.05) is 28.9 Å². The van der Waals surface area contributed by atoms with E-state index < -0.39 is 20.7 Å². The van der Waals surface area contributed by atoms with E-state index in [0.717, 1.165) is 10.6 Å². The fraction of sp³-hybridized carbons (Fsp3) is 0.227. The van der Waals surface area contributed by atoms with Crippen molar-refractivity contribution in [2.24, 2.45) is 3.77 Å². The van der Waals surface area contributed by atoms with Crippen LogP contribution in [0.2, 0.25) is 0 Å². The maximum Gasteiger partial charge on any atom is 0.288 e. The zero-order valence-corrected chi connectivity index (χ0v) is 22.1. The van der Waals surface area contributed by atoms with E-state index in [1.807, 2.05) is 24.3 Å². The normalized spacial score (nSPS) is 12.2. The quantitative estimate of drug-likeness (QED) is 0.335. The number of aromatic nitrogens is 2. The molecule has 1 amide bonds. The molecule has 3 N–H and O–H groups in total. The molecule has 3 rings (SSSR count). The number of halogens is 1. The van der Waals surface area contributed by atoms with E-state index in [0.29, 0.717) is 34.9 Å². The molecule has 0 radical (unpaired) electrons. The Morgan fingerprint density at radius 1 is 1.12 bits per heavy atom. The lowest BCUT2D eigenvalue weighted by Gasteiger charge is -2.11. The molecule has 0 spiro atoms. The van der Waals surface area contributed by atoms with Crippen LogP contribution in [0, 0.1) is 6.92 Å². The highest BCUT2D eigenvalue weighted by Crippen LogP contribution is 2.23. The summed E-state index contributed by atoms with van der Waals surface area (Å²) in [5.74, 6) is 0.889. The summed E-state index contributed by atoms with van der Waals surface area (Å²) < 4.78 is 30.2. The fourth-order valence-electron chi connectivity index (χ4n) is 2.91. The predicted octanol–water partition coefficient (Wildman–Crippen LogP) is 4.02. The number of nitrogens with zero attached hydrogens (tertiary/aromatic N) is 3. The van der Waals surface area contributed by atoms with Gasteiger partial charge in [0.1, 0.15) is 5.82 Å². The second-order valence-corrected chi connectivity index (χ2v) is 11.5. The number of carbonyl (C=O) groups excluding carboxylic acids is 1. The van der Waals surface area contributed by atoms with Crippen molar-refractivity contribution in [1.82, 2.24) is 15.3 Å².